The average molecular weight is 402 g/mol. The fraction of sp³-hybridized carbons (Fsp3) is 0.560. The van der Waals surface area contributed by atoms with Crippen LogP contribution in [0, 0.1) is 40.7 Å². The second-order valence-electron chi connectivity index (χ2n) is 8.70. The van der Waals surface area contributed by atoms with Crippen molar-refractivity contribution in [3.63, 3.8) is 0 Å². The zero-order valence-electron chi connectivity index (χ0n) is 16.9. The maximum atomic E-state index is 13.5. The van der Waals surface area contributed by atoms with Gasteiger partial charge in [-0.2, -0.15) is 9.65 Å². The van der Waals surface area contributed by atoms with Gasteiger partial charge in [-0.25, -0.2) is 8.78 Å². The summed E-state index contributed by atoms with van der Waals surface area (Å²) in [5, 5.41) is 8.36. The minimum Gasteiger partial charge on any atom is -0.204 e. The summed E-state index contributed by atoms with van der Waals surface area (Å²) in [7, 11) is 0. The molecule has 1 aromatic rings. The molecule has 0 atom stereocenters. The molecule has 2 fully saturated rings. The molecule has 0 aliphatic heterocycles. The van der Waals surface area contributed by atoms with Crippen LogP contribution < -0.4 is 0 Å². The second-order valence-corrected chi connectivity index (χ2v) is 8.70. The van der Waals surface area contributed by atoms with Crippen molar-refractivity contribution in [3.8, 4) is 6.07 Å². The fourth-order valence-electron chi connectivity index (χ4n) is 5.26. The molecule has 0 heterocycles. The molecular weight excluding hydrogens is 371 g/mol. The Hall–Kier alpha value is -2.02. The Bertz CT molecular complexity index is 761. The van der Waals surface area contributed by atoms with Gasteiger partial charge in [-0.3, -0.25) is 0 Å². The molecular formula is C25H30F3N. The van der Waals surface area contributed by atoms with Crippen LogP contribution >= 0.6 is 0 Å². The monoisotopic (exact) mass is 401 g/mol. The van der Waals surface area contributed by atoms with Gasteiger partial charge >= 0.3 is 0 Å². The van der Waals surface area contributed by atoms with E-state index in [-0.39, 0.29) is 0 Å². The molecule has 156 valence electrons. The lowest BCUT2D eigenvalue weighted by Crippen LogP contribution is -2.25. The quantitative estimate of drug-likeness (QED) is 0.353. The van der Waals surface area contributed by atoms with Gasteiger partial charge in [0.25, 0.3) is 0 Å². The van der Waals surface area contributed by atoms with Gasteiger partial charge in [-0.05, 0) is 98.8 Å². The smallest absolute Gasteiger partial charge is 0.199 e. The topological polar surface area (TPSA) is 23.8 Å². The summed E-state index contributed by atoms with van der Waals surface area (Å²) in [5.41, 5.74) is 0.948. The van der Waals surface area contributed by atoms with E-state index in [1.165, 1.54) is 62.8 Å². The highest BCUT2D eigenvalue weighted by Gasteiger charge is 2.31. The molecule has 4 heteroatoms. The molecule has 0 aromatic heterocycles. The Balaban J connectivity index is 1.37. The molecule has 0 saturated heterocycles. The predicted molar refractivity (Wildman–Crippen MR) is 110 cm³/mol. The van der Waals surface area contributed by atoms with Crippen molar-refractivity contribution in [2.45, 2.75) is 70.1 Å². The van der Waals surface area contributed by atoms with E-state index >= 15 is 0 Å². The first-order valence-corrected chi connectivity index (χ1v) is 10.9. The summed E-state index contributed by atoms with van der Waals surface area (Å²) in [6, 6.07) is 5.85. The van der Waals surface area contributed by atoms with Gasteiger partial charge in [0.15, 0.2) is 17.5 Å². The molecule has 0 spiro atoms. The van der Waals surface area contributed by atoms with Gasteiger partial charge in [0, 0.05) is 0 Å². The van der Waals surface area contributed by atoms with E-state index < -0.39 is 17.5 Å². The SMILES string of the molecule is N#CC(F)=CC=CCCC1CCC(C2CCC(c3ccc(F)c(F)c3)CC2)CC1. The van der Waals surface area contributed by atoms with Gasteiger partial charge in [0.1, 0.15) is 6.07 Å². The Morgan fingerprint density at radius 2 is 1.62 bits per heavy atom. The van der Waals surface area contributed by atoms with Crippen LogP contribution in [0.25, 0.3) is 0 Å². The zero-order valence-corrected chi connectivity index (χ0v) is 16.9. The molecule has 2 aliphatic rings. The van der Waals surface area contributed by atoms with Crippen molar-refractivity contribution in [2.75, 3.05) is 0 Å². The van der Waals surface area contributed by atoms with Crippen molar-refractivity contribution < 1.29 is 13.2 Å². The summed E-state index contributed by atoms with van der Waals surface area (Å²) in [5.74, 6) is 0.450. The van der Waals surface area contributed by atoms with E-state index in [2.05, 4.69) is 0 Å². The average Bonchev–Trinajstić information content (AvgIpc) is 2.76. The van der Waals surface area contributed by atoms with Crippen LogP contribution in [0.4, 0.5) is 13.2 Å². The molecule has 0 radical (unpaired) electrons. The Kier molecular flexibility index (Phi) is 7.98. The largest absolute Gasteiger partial charge is 0.204 e. The van der Waals surface area contributed by atoms with Crippen molar-refractivity contribution in [1.82, 2.24) is 0 Å². The number of nitrogens with zero attached hydrogens (tertiary/aromatic N) is 1. The lowest BCUT2D eigenvalue weighted by Gasteiger charge is -2.38. The van der Waals surface area contributed by atoms with E-state index in [1.54, 1.807) is 12.1 Å². The highest BCUT2D eigenvalue weighted by atomic mass is 19.2. The van der Waals surface area contributed by atoms with Crippen molar-refractivity contribution in [1.29, 1.82) is 5.26 Å². The van der Waals surface area contributed by atoms with E-state index in [1.807, 2.05) is 6.08 Å². The van der Waals surface area contributed by atoms with E-state index in [0.717, 1.165) is 49.0 Å². The van der Waals surface area contributed by atoms with E-state index in [9.17, 15) is 13.2 Å². The number of hydrogen-bond acceptors (Lipinski definition) is 1. The first kappa shape index (κ1) is 21.7. The number of allylic oxidation sites excluding steroid dienone is 4. The van der Waals surface area contributed by atoms with Crippen LogP contribution in [0.2, 0.25) is 0 Å². The number of hydrogen-bond donors (Lipinski definition) is 0. The summed E-state index contributed by atoms with van der Waals surface area (Å²) in [6.07, 6.45) is 16.5. The second kappa shape index (κ2) is 10.7. The van der Waals surface area contributed by atoms with Crippen LogP contribution in [0.1, 0.15) is 75.7 Å². The van der Waals surface area contributed by atoms with Crippen molar-refractivity contribution in [3.05, 3.63) is 59.5 Å². The van der Waals surface area contributed by atoms with Crippen molar-refractivity contribution >= 4 is 0 Å². The molecule has 1 aromatic carbocycles. The molecule has 1 nitrogen and oxygen atoms in total. The number of benzene rings is 1. The highest BCUT2D eigenvalue weighted by Crippen LogP contribution is 2.44. The molecule has 0 bridgehead atoms. The maximum absolute atomic E-state index is 13.5. The minimum absolute atomic E-state index is 0.365. The number of nitriles is 1. The Morgan fingerprint density at radius 3 is 2.24 bits per heavy atom. The molecule has 0 amide bonds. The van der Waals surface area contributed by atoms with Crippen LogP contribution in [-0.2, 0) is 0 Å². The Morgan fingerprint density at radius 1 is 0.966 bits per heavy atom. The number of rotatable bonds is 6. The summed E-state index contributed by atoms with van der Waals surface area (Å²) in [4.78, 5) is 0. The summed E-state index contributed by atoms with van der Waals surface area (Å²) in [6.45, 7) is 0. The fourth-order valence-corrected chi connectivity index (χ4v) is 5.26. The molecule has 29 heavy (non-hydrogen) atoms. The molecule has 2 aliphatic carbocycles. The molecule has 3 rings (SSSR count). The Labute approximate surface area is 172 Å². The van der Waals surface area contributed by atoms with Gasteiger partial charge in [0.2, 0.25) is 0 Å². The van der Waals surface area contributed by atoms with Crippen LogP contribution in [0.5, 0.6) is 0 Å². The van der Waals surface area contributed by atoms with Gasteiger partial charge in [-0.15, -0.1) is 0 Å². The standard InChI is InChI=1S/C25H30F3N/c26-23(17-29)5-3-1-2-4-18-6-8-19(9-7-18)20-10-12-21(13-11-20)22-14-15-24(27)25(28)16-22/h1,3,5,14-16,18-21H,2,4,6-13H2. The van der Waals surface area contributed by atoms with Crippen LogP contribution in [-0.4, -0.2) is 0 Å². The molecule has 2 saturated carbocycles. The number of halogens is 3. The third kappa shape index (κ3) is 6.23. The summed E-state index contributed by atoms with van der Waals surface area (Å²) < 4.78 is 39.4. The third-order valence-electron chi connectivity index (χ3n) is 6.97. The first-order valence-electron chi connectivity index (χ1n) is 10.9. The van der Waals surface area contributed by atoms with E-state index in [0.29, 0.717) is 5.92 Å². The summed E-state index contributed by atoms with van der Waals surface area (Å²) >= 11 is 0. The zero-order chi connectivity index (χ0) is 20.6. The lowest BCUT2D eigenvalue weighted by molar-refractivity contribution is 0.157. The highest BCUT2D eigenvalue weighted by molar-refractivity contribution is 5.22. The molecule has 0 N–H and O–H groups in total. The third-order valence-corrected chi connectivity index (χ3v) is 6.97. The van der Waals surface area contributed by atoms with Crippen LogP contribution in [0.3, 0.4) is 0 Å². The van der Waals surface area contributed by atoms with Gasteiger partial charge in [-0.1, -0.05) is 31.1 Å². The maximum Gasteiger partial charge on any atom is 0.199 e. The normalized spacial score (nSPS) is 28.4. The predicted octanol–water partition coefficient (Wildman–Crippen LogP) is 7.76. The van der Waals surface area contributed by atoms with Gasteiger partial charge in [0.05, 0.1) is 0 Å². The van der Waals surface area contributed by atoms with E-state index in [4.69, 9.17) is 5.26 Å². The van der Waals surface area contributed by atoms with Crippen LogP contribution in [0.15, 0.2) is 42.3 Å². The first-order chi connectivity index (χ1) is 14.1. The minimum atomic E-state index is -0.763. The van der Waals surface area contributed by atoms with Crippen molar-refractivity contribution in [2.24, 2.45) is 17.8 Å². The lowest BCUT2D eigenvalue weighted by atomic mass is 9.68. The van der Waals surface area contributed by atoms with Gasteiger partial charge < -0.3 is 0 Å². The molecule has 0 unspecified atom stereocenters.